The van der Waals surface area contributed by atoms with E-state index in [0.29, 0.717) is 0 Å². The van der Waals surface area contributed by atoms with Crippen molar-refractivity contribution in [1.29, 1.82) is 0 Å². The van der Waals surface area contributed by atoms with Gasteiger partial charge in [-0.3, -0.25) is 0 Å². The average molecular weight is 237 g/mol. The molecule has 0 fully saturated rings. The molecule has 2 rings (SSSR count). The summed E-state index contributed by atoms with van der Waals surface area (Å²) < 4.78 is 0. The Morgan fingerprint density at radius 2 is 2.31 bits per heavy atom. The molecule has 2 N–H and O–H groups in total. The average Bonchev–Trinajstić information content (AvgIpc) is 2.75. The molecule has 2 atom stereocenters. The van der Waals surface area contributed by atoms with Crippen molar-refractivity contribution in [2.45, 2.75) is 37.3 Å². The van der Waals surface area contributed by atoms with E-state index in [2.05, 4.69) is 30.4 Å². The Labute approximate surface area is 101 Å². The summed E-state index contributed by atoms with van der Waals surface area (Å²) in [7, 11) is 0. The Morgan fingerprint density at radius 1 is 1.50 bits per heavy atom. The fourth-order valence-electron chi connectivity index (χ4n) is 2.11. The number of benzene rings is 1. The normalized spacial score (nSPS) is 18.2. The molecule has 3 heteroatoms. The van der Waals surface area contributed by atoms with Gasteiger partial charge < -0.3 is 10.4 Å². The second-order valence-electron chi connectivity index (χ2n) is 4.26. The molecule has 0 saturated carbocycles. The van der Waals surface area contributed by atoms with Crippen molar-refractivity contribution in [3.63, 3.8) is 0 Å². The van der Waals surface area contributed by atoms with Gasteiger partial charge in [-0.15, -0.1) is 11.8 Å². The number of aliphatic hydroxyl groups excluding tert-OH is 1. The van der Waals surface area contributed by atoms with E-state index in [1.807, 2.05) is 18.7 Å². The number of rotatable bonds is 4. The fourth-order valence-corrected chi connectivity index (χ4v) is 3.17. The molecule has 0 amide bonds. The molecule has 1 heterocycles. The lowest BCUT2D eigenvalue weighted by atomic mass is 10.0. The van der Waals surface area contributed by atoms with Gasteiger partial charge in [-0.25, -0.2) is 0 Å². The first-order chi connectivity index (χ1) is 7.72. The lowest BCUT2D eigenvalue weighted by molar-refractivity contribution is 0.137. The van der Waals surface area contributed by atoms with Crippen LogP contribution in [0.5, 0.6) is 0 Å². The molecule has 0 bridgehead atoms. The molecule has 1 aromatic rings. The molecule has 0 spiro atoms. The molecule has 1 aliphatic heterocycles. The zero-order chi connectivity index (χ0) is 11.5. The van der Waals surface area contributed by atoms with Crippen LogP contribution in [-0.4, -0.2) is 23.4 Å². The van der Waals surface area contributed by atoms with Crippen molar-refractivity contribution in [3.05, 3.63) is 29.3 Å². The van der Waals surface area contributed by atoms with Gasteiger partial charge in [0.05, 0.1) is 6.10 Å². The Balaban J connectivity index is 2.14. The zero-order valence-electron chi connectivity index (χ0n) is 9.86. The predicted octanol–water partition coefficient (Wildman–Crippen LogP) is 2.37. The second kappa shape index (κ2) is 5.21. The van der Waals surface area contributed by atoms with Crippen molar-refractivity contribution in [2.24, 2.45) is 0 Å². The van der Waals surface area contributed by atoms with Crippen LogP contribution in [0.25, 0.3) is 0 Å². The first-order valence-corrected chi connectivity index (χ1v) is 6.88. The lowest BCUT2D eigenvalue weighted by Gasteiger charge is -2.20. The van der Waals surface area contributed by atoms with E-state index in [9.17, 15) is 5.11 Å². The summed E-state index contributed by atoms with van der Waals surface area (Å²) in [5.74, 6) is 1.18. The number of aliphatic hydroxyl groups is 1. The molecule has 0 aliphatic carbocycles. The van der Waals surface area contributed by atoms with E-state index in [1.54, 1.807) is 0 Å². The maximum atomic E-state index is 10.2. The zero-order valence-corrected chi connectivity index (χ0v) is 10.7. The van der Waals surface area contributed by atoms with Crippen LogP contribution < -0.4 is 5.32 Å². The summed E-state index contributed by atoms with van der Waals surface area (Å²) in [5, 5.41) is 13.4. The third-order valence-corrected chi connectivity index (χ3v) is 4.17. The number of aryl methyl sites for hydroxylation is 1. The van der Waals surface area contributed by atoms with Gasteiger partial charge in [0.15, 0.2) is 0 Å². The molecule has 16 heavy (non-hydrogen) atoms. The molecule has 0 aromatic heterocycles. The molecule has 88 valence electrons. The second-order valence-corrected chi connectivity index (χ2v) is 5.39. The highest BCUT2D eigenvalue weighted by Gasteiger charge is 2.18. The predicted molar refractivity (Wildman–Crippen MR) is 69.0 cm³/mol. The van der Waals surface area contributed by atoms with Crippen molar-refractivity contribution >= 4 is 11.8 Å². The Bertz CT molecular complexity index is 367. The van der Waals surface area contributed by atoms with Crippen LogP contribution in [0.15, 0.2) is 23.1 Å². The van der Waals surface area contributed by atoms with E-state index in [0.717, 1.165) is 18.5 Å². The van der Waals surface area contributed by atoms with Gasteiger partial charge in [0.1, 0.15) is 0 Å². The minimum absolute atomic E-state index is 0.108. The van der Waals surface area contributed by atoms with Gasteiger partial charge >= 0.3 is 0 Å². The quantitative estimate of drug-likeness (QED) is 0.843. The fraction of sp³-hybridized carbons (Fsp3) is 0.538. The summed E-state index contributed by atoms with van der Waals surface area (Å²) >= 11 is 1.91. The summed E-state index contributed by atoms with van der Waals surface area (Å²) in [5.41, 5.74) is 2.43. The molecule has 2 nitrogen and oxygen atoms in total. The summed E-state index contributed by atoms with van der Waals surface area (Å²) in [4.78, 5) is 1.38. The van der Waals surface area contributed by atoms with Crippen LogP contribution in [0.1, 0.15) is 31.1 Å². The summed E-state index contributed by atoms with van der Waals surface area (Å²) in [6.45, 7) is 4.97. The van der Waals surface area contributed by atoms with Gasteiger partial charge in [0, 0.05) is 16.7 Å². The van der Waals surface area contributed by atoms with Crippen LogP contribution in [0.3, 0.4) is 0 Å². The van der Waals surface area contributed by atoms with Gasteiger partial charge in [0.2, 0.25) is 0 Å². The highest BCUT2D eigenvalue weighted by atomic mass is 32.2. The number of hydrogen-bond acceptors (Lipinski definition) is 3. The van der Waals surface area contributed by atoms with E-state index >= 15 is 0 Å². The van der Waals surface area contributed by atoms with E-state index in [-0.39, 0.29) is 6.04 Å². The van der Waals surface area contributed by atoms with Crippen molar-refractivity contribution in [1.82, 2.24) is 5.32 Å². The first-order valence-electron chi connectivity index (χ1n) is 5.89. The molecule has 1 aromatic carbocycles. The number of likely N-dealkylation sites (N-methyl/N-ethyl adjacent to an activating group) is 1. The molecule has 0 radical (unpaired) electrons. The van der Waals surface area contributed by atoms with Crippen LogP contribution in [0.4, 0.5) is 0 Å². The van der Waals surface area contributed by atoms with E-state index < -0.39 is 6.10 Å². The minimum Gasteiger partial charge on any atom is -0.387 e. The van der Waals surface area contributed by atoms with Gasteiger partial charge in [-0.05, 0) is 37.1 Å². The number of hydrogen-bond donors (Lipinski definition) is 2. The SMILES string of the molecule is CCNC(C)C(O)c1ccc2c(c1)CCS2. The maximum Gasteiger partial charge on any atom is 0.0940 e. The molecule has 0 saturated heterocycles. The number of nitrogens with one attached hydrogen (secondary N) is 1. The van der Waals surface area contributed by atoms with Crippen molar-refractivity contribution in [3.8, 4) is 0 Å². The minimum atomic E-state index is -0.407. The van der Waals surface area contributed by atoms with E-state index in [1.165, 1.54) is 16.2 Å². The Morgan fingerprint density at radius 3 is 3.06 bits per heavy atom. The van der Waals surface area contributed by atoms with Crippen LogP contribution in [0, 0.1) is 0 Å². The summed E-state index contributed by atoms with van der Waals surface area (Å²) in [6.07, 6.45) is 0.728. The molecular weight excluding hydrogens is 218 g/mol. The van der Waals surface area contributed by atoms with Gasteiger partial charge in [-0.1, -0.05) is 19.1 Å². The highest BCUT2D eigenvalue weighted by molar-refractivity contribution is 7.99. The first kappa shape index (κ1) is 12.0. The molecule has 1 aliphatic rings. The van der Waals surface area contributed by atoms with Gasteiger partial charge in [0.25, 0.3) is 0 Å². The Hall–Kier alpha value is -0.510. The van der Waals surface area contributed by atoms with E-state index in [4.69, 9.17) is 0 Å². The Kier molecular flexibility index (Phi) is 3.90. The third kappa shape index (κ3) is 2.42. The van der Waals surface area contributed by atoms with Crippen LogP contribution in [0.2, 0.25) is 0 Å². The van der Waals surface area contributed by atoms with Gasteiger partial charge in [-0.2, -0.15) is 0 Å². The molecular formula is C13H19NOS. The smallest absolute Gasteiger partial charge is 0.0940 e. The summed E-state index contributed by atoms with van der Waals surface area (Å²) in [6, 6.07) is 6.46. The van der Waals surface area contributed by atoms with Crippen molar-refractivity contribution < 1.29 is 5.11 Å². The number of thioether (sulfide) groups is 1. The third-order valence-electron chi connectivity index (χ3n) is 3.05. The molecule has 2 unspecified atom stereocenters. The van der Waals surface area contributed by atoms with Crippen LogP contribution >= 0.6 is 11.8 Å². The maximum absolute atomic E-state index is 10.2. The van der Waals surface area contributed by atoms with Crippen LogP contribution in [-0.2, 0) is 6.42 Å². The highest BCUT2D eigenvalue weighted by Crippen LogP contribution is 2.33. The number of fused-ring (bicyclic) bond motifs is 1. The largest absolute Gasteiger partial charge is 0.387 e. The standard InChI is InChI=1S/C13H19NOS/c1-3-14-9(2)13(15)11-4-5-12-10(8-11)6-7-16-12/h4-5,8-9,13-15H,3,6-7H2,1-2H3. The lowest BCUT2D eigenvalue weighted by Crippen LogP contribution is -2.31. The topological polar surface area (TPSA) is 32.3 Å². The van der Waals surface area contributed by atoms with Crippen molar-refractivity contribution in [2.75, 3.05) is 12.3 Å². The monoisotopic (exact) mass is 237 g/mol.